The number of methoxy groups -OCH3 is 1. The molecule has 0 aliphatic carbocycles. The Hall–Kier alpha value is -0.120. The van der Waals surface area contributed by atoms with Crippen molar-refractivity contribution in [2.75, 3.05) is 13.7 Å². The predicted octanol–water partition coefficient (Wildman–Crippen LogP) is 2.80. The molecule has 17 heavy (non-hydrogen) atoms. The topological polar surface area (TPSA) is 49.7 Å². The van der Waals surface area contributed by atoms with Crippen LogP contribution in [0.3, 0.4) is 0 Å². The second kappa shape index (κ2) is 5.68. The first-order valence-electron chi connectivity index (χ1n) is 6.29. The molecule has 3 heteroatoms. The molecule has 0 aromatic carbocycles. The number of hydrogen-bond acceptors (Lipinski definition) is 3. The van der Waals surface area contributed by atoms with Gasteiger partial charge in [-0.2, -0.15) is 0 Å². The highest BCUT2D eigenvalue weighted by Crippen LogP contribution is 2.49. The average Bonchev–Trinajstić information content (AvgIpc) is 2.12. The Kier molecular flexibility index (Phi) is 5.64. The van der Waals surface area contributed by atoms with Gasteiger partial charge in [0.15, 0.2) is 6.29 Å². The summed E-state index contributed by atoms with van der Waals surface area (Å²) in [6, 6.07) is 0. The highest BCUT2D eigenvalue weighted by Gasteiger charge is 2.45. The van der Waals surface area contributed by atoms with Crippen LogP contribution in [0.5, 0.6) is 0 Å². The first kappa shape index (κ1) is 16.9. The van der Waals surface area contributed by atoms with Gasteiger partial charge < -0.3 is 14.9 Å². The molecule has 0 amide bonds. The maximum atomic E-state index is 9.85. The molecule has 104 valence electrons. The smallest absolute Gasteiger partial charge is 0.154 e. The summed E-state index contributed by atoms with van der Waals surface area (Å²) in [7, 11) is 1.49. The molecule has 0 aliphatic heterocycles. The van der Waals surface area contributed by atoms with Crippen molar-refractivity contribution in [2.45, 2.75) is 60.7 Å². The Morgan fingerprint density at radius 2 is 1.53 bits per heavy atom. The molecule has 0 saturated heterocycles. The van der Waals surface area contributed by atoms with Crippen LogP contribution in [0, 0.1) is 16.2 Å². The molecule has 0 spiro atoms. The summed E-state index contributed by atoms with van der Waals surface area (Å²) in [4.78, 5) is 0. The van der Waals surface area contributed by atoms with Gasteiger partial charge in [-0.15, -0.1) is 0 Å². The van der Waals surface area contributed by atoms with Crippen LogP contribution >= 0.6 is 0 Å². The number of hydrogen-bond donors (Lipinski definition) is 2. The van der Waals surface area contributed by atoms with E-state index in [-0.39, 0.29) is 22.9 Å². The molecular weight excluding hydrogens is 216 g/mol. The zero-order valence-electron chi connectivity index (χ0n) is 12.5. The summed E-state index contributed by atoms with van der Waals surface area (Å²) < 4.78 is 4.96. The first-order valence-corrected chi connectivity index (χ1v) is 6.29. The van der Waals surface area contributed by atoms with E-state index in [4.69, 9.17) is 4.74 Å². The van der Waals surface area contributed by atoms with Crippen LogP contribution in [0.4, 0.5) is 0 Å². The van der Waals surface area contributed by atoms with Gasteiger partial charge in [-0.1, -0.05) is 41.5 Å². The molecule has 2 N–H and O–H groups in total. The van der Waals surface area contributed by atoms with E-state index in [1.807, 2.05) is 0 Å². The van der Waals surface area contributed by atoms with Crippen molar-refractivity contribution in [3.05, 3.63) is 0 Å². The van der Waals surface area contributed by atoms with E-state index >= 15 is 0 Å². The molecule has 0 radical (unpaired) electrons. The minimum Gasteiger partial charge on any atom is -0.396 e. The number of rotatable bonds is 5. The summed E-state index contributed by atoms with van der Waals surface area (Å²) in [5.74, 6) is 0. The van der Waals surface area contributed by atoms with Gasteiger partial charge in [-0.05, 0) is 17.3 Å². The van der Waals surface area contributed by atoms with Crippen molar-refractivity contribution in [2.24, 2.45) is 16.2 Å². The standard InChI is InChI=1S/C14H30O3/c1-12(2,3)9-14(10-15,13(4,5)6)8-11(16)17-7/h11,15-16H,8-10H2,1-7H3. The van der Waals surface area contributed by atoms with Gasteiger partial charge in [-0.25, -0.2) is 0 Å². The minimum absolute atomic E-state index is 0.0637. The van der Waals surface area contributed by atoms with Crippen molar-refractivity contribution in [3.8, 4) is 0 Å². The van der Waals surface area contributed by atoms with Gasteiger partial charge in [0.2, 0.25) is 0 Å². The van der Waals surface area contributed by atoms with Crippen LogP contribution in [-0.2, 0) is 4.74 Å². The van der Waals surface area contributed by atoms with Gasteiger partial charge in [0.1, 0.15) is 0 Å². The van der Waals surface area contributed by atoms with Crippen LogP contribution in [0.15, 0.2) is 0 Å². The molecule has 0 aromatic rings. The highest BCUT2D eigenvalue weighted by molar-refractivity contribution is 4.93. The number of aliphatic hydroxyl groups is 2. The lowest BCUT2D eigenvalue weighted by molar-refractivity contribution is -0.139. The Morgan fingerprint density at radius 3 is 1.76 bits per heavy atom. The largest absolute Gasteiger partial charge is 0.396 e. The van der Waals surface area contributed by atoms with Crippen molar-refractivity contribution in [3.63, 3.8) is 0 Å². The maximum Gasteiger partial charge on any atom is 0.154 e. The van der Waals surface area contributed by atoms with E-state index in [2.05, 4.69) is 41.5 Å². The lowest BCUT2D eigenvalue weighted by atomic mass is 9.59. The maximum absolute atomic E-state index is 9.85. The quantitative estimate of drug-likeness (QED) is 0.733. The van der Waals surface area contributed by atoms with Gasteiger partial charge in [0.25, 0.3) is 0 Å². The lowest BCUT2D eigenvalue weighted by Gasteiger charge is -2.48. The average molecular weight is 246 g/mol. The van der Waals surface area contributed by atoms with E-state index in [0.717, 1.165) is 6.42 Å². The third kappa shape index (κ3) is 4.94. The molecule has 0 bridgehead atoms. The molecule has 2 atom stereocenters. The first-order chi connectivity index (χ1) is 7.47. The Balaban J connectivity index is 5.17. The highest BCUT2D eigenvalue weighted by atomic mass is 16.6. The van der Waals surface area contributed by atoms with E-state index in [0.29, 0.717) is 6.42 Å². The van der Waals surface area contributed by atoms with E-state index in [1.165, 1.54) is 7.11 Å². The normalized spacial score (nSPS) is 18.9. The summed E-state index contributed by atoms with van der Waals surface area (Å²) in [5, 5.41) is 19.6. The number of ether oxygens (including phenoxy) is 1. The third-order valence-electron chi connectivity index (χ3n) is 3.60. The summed E-state index contributed by atoms with van der Waals surface area (Å²) >= 11 is 0. The molecule has 0 fully saturated rings. The fourth-order valence-electron chi connectivity index (χ4n) is 2.43. The van der Waals surface area contributed by atoms with Crippen LogP contribution in [0.2, 0.25) is 0 Å². The molecule has 0 rings (SSSR count). The van der Waals surface area contributed by atoms with Gasteiger partial charge in [-0.3, -0.25) is 0 Å². The van der Waals surface area contributed by atoms with Crippen molar-refractivity contribution < 1.29 is 14.9 Å². The van der Waals surface area contributed by atoms with Crippen molar-refractivity contribution in [1.29, 1.82) is 0 Å². The molecule has 0 heterocycles. The van der Waals surface area contributed by atoms with Gasteiger partial charge >= 0.3 is 0 Å². The van der Waals surface area contributed by atoms with E-state index < -0.39 is 6.29 Å². The molecule has 0 aliphatic rings. The van der Waals surface area contributed by atoms with E-state index in [9.17, 15) is 10.2 Å². The zero-order chi connectivity index (χ0) is 13.9. The molecular formula is C14H30O3. The van der Waals surface area contributed by atoms with Crippen molar-refractivity contribution in [1.82, 2.24) is 0 Å². The van der Waals surface area contributed by atoms with E-state index in [1.54, 1.807) is 0 Å². The fraction of sp³-hybridized carbons (Fsp3) is 1.00. The van der Waals surface area contributed by atoms with Crippen LogP contribution in [-0.4, -0.2) is 30.2 Å². The molecule has 2 unspecified atom stereocenters. The lowest BCUT2D eigenvalue weighted by Crippen LogP contribution is -2.44. The zero-order valence-corrected chi connectivity index (χ0v) is 12.5. The Labute approximate surface area is 106 Å². The molecule has 3 nitrogen and oxygen atoms in total. The SMILES string of the molecule is COC(O)CC(CO)(CC(C)(C)C)C(C)(C)C. The molecule has 0 aromatic heterocycles. The Morgan fingerprint density at radius 1 is 1.06 bits per heavy atom. The molecule has 0 saturated carbocycles. The summed E-state index contributed by atoms with van der Waals surface area (Å²) in [6.45, 7) is 12.9. The monoisotopic (exact) mass is 246 g/mol. The minimum atomic E-state index is -0.816. The van der Waals surface area contributed by atoms with Crippen LogP contribution < -0.4 is 0 Å². The second-order valence-corrected chi connectivity index (χ2v) is 7.32. The summed E-state index contributed by atoms with van der Waals surface area (Å²) in [5.41, 5.74) is -0.321. The fourth-order valence-corrected chi connectivity index (χ4v) is 2.43. The number of aliphatic hydroxyl groups excluding tert-OH is 2. The second-order valence-electron chi connectivity index (χ2n) is 7.32. The van der Waals surface area contributed by atoms with Gasteiger partial charge in [0, 0.05) is 25.6 Å². The summed E-state index contributed by atoms with van der Waals surface area (Å²) in [6.07, 6.45) is 0.491. The van der Waals surface area contributed by atoms with Crippen LogP contribution in [0.25, 0.3) is 0 Å². The van der Waals surface area contributed by atoms with Gasteiger partial charge in [0.05, 0.1) is 0 Å². The van der Waals surface area contributed by atoms with Crippen molar-refractivity contribution >= 4 is 0 Å². The third-order valence-corrected chi connectivity index (χ3v) is 3.60. The van der Waals surface area contributed by atoms with Crippen LogP contribution in [0.1, 0.15) is 54.4 Å². The Bertz CT molecular complexity index is 225. The predicted molar refractivity (Wildman–Crippen MR) is 70.7 cm³/mol.